The normalized spacial score (nSPS) is 11.2. The highest BCUT2D eigenvalue weighted by Gasteiger charge is 2.23. The molecule has 1 heterocycles. The van der Waals surface area contributed by atoms with E-state index < -0.39 is 36.1 Å². The first kappa shape index (κ1) is 29.2. The van der Waals surface area contributed by atoms with Crippen LogP contribution in [0.15, 0.2) is 42.5 Å². The number of terminal acetylenes is 1. The van der Waals surface area contributed by atoms with Crippen LogP contribution in [0.5, 0.6) is 0 Å². The number of aliphatic carboxylic acids is 2. The van der Waals surface area contributed by atoms with Gasteiger partial charge in [0.1, 0.15) is 17.7 Å². The van der Waals surface area contributed by atoms with Crippen LogP contribution in [0.2, 0.25) is 5.02 Å². The number of pyridine rings is 1. The zero-order valence-electron chi connectivity index (χ0n) is 19.3. The van der Waals surface area contributed by atoms with Gasteiger partial charge in [0, 0.05) is 24.0 Å². The van der Waals surface area contributed by atoms with Crippen molar-refractivity contribution in [1.82, 2.24) is 10.3 Å². The van der Waals surface area contributed by atoms with Crippen LogP contribution in [-0.4, -0.2) is 45.6 Å². The Morgan fingerprint density at radius 3 is 2.54 bits per heavy atom. The first-order valence-electron chi connectivity index (χ1n) is 10.7. The van der Waals surface area contributed by atoms with Crippen LogP contribution in [0.3, 0.4) is 0 Å². The van der Waals surface area contributed by atoms with Crippen molar-refractivity contribution in [3.05, 3.63) is 64.4 Å². The number of carboxylic acids is 2. The van der Waals surface area contributed by atoms with Crippen molar-refractivity contribution in [3.8, 4) is 12.3 Å². The first-order chi connectivity index (χ1) is 17.1. The van der Waals surface area contributed by atoms with Crippen molar-refractivity contribution < 1.29 is 29.0 Å². The van der Waals surface area contributed by atoms with Gasteiger partial charge in [0.15, 0.2) is 0 Å². The molecule has 0 bridgehead atoms. The number of halogens is 3. The van der Waals surface area contributed by atoms with Crippen LogP contribution >= 0.6 is 24.0 Å². The number of amides is 1. The van der Waals surface area contributed by atoms with Gasteiger partial charge in [0.2, 0.25) is 0 Å². The van der Waals surface area contributed by atoms with E-state index in [1.807, 2.05) is 12.1 Å². The Morgan fingerprint density at radius 1 is 1.19 bits per heavy atom. The maximum Gasteiger partial charge on any atom is 0.326 e. The van der Waals surface area contributed by atoms with Crippen LogP contribution in [0.4, 0.5) is 15.9 Å². The Kier molecular flexibility index (Phi) is 10.1. The molecule has 0 aliphatic heterocycles. The van der Waals surface area contributed by atoms with Crippen molar-refractivity contribution in [2.24, 2.45) is 0 Å². The number of carbonyl (C=O) groups excluding carboxylic acids is 1. The van der Waals surface area contributed by atoms with E-state index in [0.29, 0.717) is 34.0 Å². The van der Waals surface area contributed by atoms with Gasteiger partial charge in [-0.3, -0.25) is 9.59 Å². The fourth-order valence-electron chi connectivity index (χ4n) is 3.56. The number of fused-ring (bicyclic) bond motifs is 1. The average molecular weight is 549 g/mol. The zero-order valence-corrected chi connectivity index (χ0v) is 20.9. The minimum atomic E-state index is -1.48. The predicted molar refractivity (Wildman–Crippen MR) is 140 cm³/mol. The van der Waals surface area contributed by atoms with Crippen LogP contribution in [0.25, 0.3) is 10.9 Å². The van der Waals surface area contributed by atoms with E-state index in [4.69, 9.17) is 28.9 Å². The molecule has 3 aromatic rings. The van der Waals surface area contributed by atoms with Crippen LogP contribution < -0.4 is 16.0 Å². The minimum Gasteiger partial charge on any atom is -0.481 e. The summed E-state index contributed by atoms with van der Waals surface area (Å²) in [5, 5.41) is 21.3. The number of hydrogen-bond acceptors (Lipinski definition) is 6. The van der Waals surface area contributed by atoms with Crippen molar-refractivity contribution in [3.63, 3.8) is 0 Å². The number of nitrogens with one attached hydrogen (secondary N) is 1. The standard InChI is InChI=1S/C25H22ClFN4O5.ClH/c1-2-9-31(13-14-3-6-20-17(10-14)18(26)12-22(28)29-20)15-4-5-16(19(27)11-15)24(34)30-21(25(35)36)7-8-23(32)33;/h1,3-6,10-12,21H,7-9,13H2,(H2,28,29)(H,30,34)(H,32,33)(H,35,36);1H/t21-;/m0./s1. The summed E-state index contributed by atoms with van der Waals surface area (Å²) in [5.74, 6) is -1.69. The Morgan fingerprint density at radius 2 is 1.92 bits per heavy atom. The third-order valence-corrected chi connectivity index (χ3v) is 5.62. The number of hydrogen-bond donors (Lipinski definition) is 4. The Labute approximate surface area is 222 Å². The molecule has 3 rings (SSSR count). The molecule has 37 heavy (non-hydrogen) atoms. The van der Waals surface area contributed by atoms with Crippen molar-refractivity contribution in [2.45, 2.75) is 25.4 Å². The number of nitrogens with two attached hydrogens (primary N) is 1. The minimum absolute atomic E-state index is 0. The average Bonchev–Trinajstić information content (AvgIpc) is 2.81. The number of carboxylic acid groups (broad SMARTS) is 2. The lowest BCUT2D eigenvalue weighted by Gasteiger charge is -2.23. The molecular weight excluding hydrogens is 526 g/mol. The summed E-state index contributed by atoms with van der Waals surface area (Å²) in [5.41, 5.74) is 7.18. The van der Waals surface area contributed by atoms with Crippen molar-refractivity contribution in [2.75, 3.05) is 17.2 Å². The lowest BCUT2D eigenvalue weighted by molar-refractivity contribution is -0.140. The summed E-state index contributed by atoms with van der Waals surface area (Å²) in [7, 11) is 0. The maximum absolute atomic E-state index is 14.9. The van der Waals surface area contributed by atoms with Gasteiger partial charge < -0.3 is 26.2 Å². The maximum atomic E-state index is 14.9. The monoisotopic (exact) mass is 548 g/mol. The van der Waals surface area contributed by atoms with Gasteiger partial charge in [-0.2, -0.15) is 0 Å². The van der Waals surface area contributed by atoms with E-state index in [2.05, 4.69) is 16.2 Å². The lowest BCUT2D eigenvalue weighted by Crippen LogP contribution is -2.41. The zero-order chi connectivity index (χ0) is 26.4. The molecule has 5 N–H and O–H groups in total. The van der Waals surface area contributed by atoms with Gasteiger partial charge in [0.05, 0.1) is 22.6 Å². The molecule has 1 atom stereocenters. The topological polar surface area (TPSA) is 146 Å². The molecule has 0 unspecified atom stereocenters. The molecule has 0 radical (unpaired) electrons. The second-order valence-electron chi connectivity index (χ2n) is 7.90. The van der Waals surface area contributed by atoms with E-state index in [1.54, 1.807) is 17.0 Å². The Bertz CT molecular complexity index is 1380. The highest BCUT2D eigenvalue weighted by Crippen LogP contribution is 2.27. The quantitative estimate of drug-likeness (QED) is 0.280. The third kappa shape index (κ3) is 7.46. The van der Waals surface area contributed by atoms with Crippen molar-refractivity contribution >= 4 is 64.3 Å². The summed E-state index contributed by atoms with van der Waals surface area (Å²) in [6.07, 6.45) is 4.70. The Balaban J connectivity index is 0.00000481. The molecule has 0 aliphatic carbocycles. The van der Waals surface area contributed by atoms with Crippen LogP contribution in [-0.2, 0) is 16.1 Å². The summed E-state index contributed by atoms with van der Waals surface area (Å²) in [6.45, 7) is 0.426. The van der Waals surface area contributed by atoms with Gasteiger partial charge in [-0.25, -0.2) is 14.2 Å². The van der Waals surface area contributed by atoms with Gasteiger partial charge in [-0.15, -0.1) is 18.8 Å². The molecule has 0 aliphatic rings. The predicted octanol–water partition coefficient (Wildman–Crippen LogP) is 3.72. The number of benzene rings is 2. The molecule has 0 saturated carbocycles. The fraction of sp³-hybridized carbons (Fsp3) is 0.200. The molecular formula is C25H23Cl2FN4O5. The fourth-order valence-corrected chi connectivity index (χ4v) is 3.83. The molecule has 194 valence electrons. The molecule has 12 heteroatoms. The van der Waals surface area contributed by atoms with E-state index in [1.165, 1.54) is 12.1 Å². The van der Waals surface area contributed by atoms with Gasteiger partial charge in [-0.05, 0) is 48.4 Å². The molecule has 0 spiro atoms. The lowest BCUT2D eigenvalue weighted by atomic mass is 10.1. The largest absolute Gasteiger partial charge is 0.481 e. The van der Waals surface area contributed by atoms with E-state index >= 15 is 0 Å². The smallest absolute Gasteiger partial charge is 0.326 e. The summed E-state index contributed by atoms with van der Waals surface area (Å²) < 4.78 is 14.9. The summed E-state index contributed by atoms with van der Waals surface area (Å²) in [4.78, 5) is 40.5. The number of nitrogens with zero attached hydrogens (tertiary/aromatic N) is 2. The van der Waals surface area contributed by atoms with Gasteiger partial charge in [-0.1, -0.05) is 23.6 Å². The second-order valence-corrected chi connectivity index (χ2v) is 8.31. The highest BCUT2D eigenvalue weighted by molar-refractivity contribution is 6.35. The summed E-state index contributed by atoms with van der Waals surface area (Å²) in [6, 6.07) is 9.29. The van der Waals surface area contributed by atoms with Crippen LogP contribution in [0, 0.1) is 18.2 Å². The number of rotatable bonds is 10. The summed E-state index contributed by atoms with van der Waals surface area (Å²) >= 11 is 6.29. The number of aromatic nitrogens is 1. The number of nitrogen functional groups attached to an aromatic ring is 1. The van der Waals surface area contributed by atoms with Crippen molar-refractivity contribution in [1.29, 1.82) is 0 Å². The number of carbonyl (C=O) groups is 3. The first-order valence-corrected chi connectivity index (χ1v) is 11.0. The van der Waals surface area contributed by atoms with Gasteiger partial charge in [0.25, 0.3) is 5.91 Å². The number of anilines is 2. The molecule has 9 nitrogen and oxygen atoms in total. The molecule has 1 aromatic heterocycles. The molecule has 0 saturated heterocycles. The molecule has 0 fully saturated rings. The molecule has 1 amide bonds. The highest BCUT2D eigenvalue weighted by atomic mass is 35.5. The van der Waals surface area contributed by atoms with E-state index in [-0.39, 0.29) is 30.9 Å². The SMILES string of the molecule is C#CCN(Cc1ccc2nc(N)cc(Cl)c2c1)c1ccc(C(=O)N[C@@H](CCC(=O)O)C(=O)O)c(F)c1.Cl. The van der Waals surface area contributed by atoms with E-state index in [9.17, 15) is 23.9 Å². The van der Waals surface area contributed by atoms with Crippen LogP contribution in [0.1, 0.15) is 28.8 Å². The third-order valence-electron chi connectivity index (χ3n) is 5.31. The van der Waals surface area contributed by atoms with Gasteiger partial charge >= 0.3 is 11.9 Å². The second kappa shape index (κ2) is 12.8. The van der Waals surface area contributed by atoms with E-state index in [0.717, 1.165) is 11.6 Å². The molecule has 2 aromatic carbocycles. The Hall–Kier alpha value is -4.07.